The van der Waals surface area contributed by atoms with Gasteiger partial charge in [0.2, 0.25) is 6.17 Å². The highest BCUT2D eigenvalue weighted by atomic mass is 35.5. The Labute approximate surface area is 159 Å². The molecule has 0 aliphatic carbocycles. The first kappa shape index (κ1) is 21.9. The summed E-state index contributed by atoms with van der Waals surface area (Å²) in [6.07, 6.45) is -1.89. The number of hydrogen-bond donors (Lipinski definition) is 1. The molecule has 0 amide bonds. The van der Waals surface area contributed by atoms with E-state index in [2.05, 4.69) is 0 Å². The molecular formula is C20H25ClFNO3. The fraction of sp³-hybridized carbons (Fsp3) is 0.350. The molecule has 0 aromatic heterocycles. The summed E-state index contributed by atoms with van der Waals surface area (Å²) in [4.78, 5) is 11.6. The van der Waals surface area contributed by atoms with Crippen molar-refractivity contribution in [2.75, 3.05) is 6.61 Å². The van der Waals surface area contributed by atoms with Crippen molar-refractivity contribution in [2.45, 2.75) is 39.6 Å². The fourth-order valence-corrected chi connectivity index (χ4v) is 2.67. The van der Waals surface area contributed by atoms with E-state index in [0.717, 1.165) is 22.4 Å². The lowest BCUT2D eigenvalue weighted by atomic mass is 9.98. The predicted molar refractivity (Wildman–Crippen MR) is 102 cm³/mol. The van der Waals surface area contributed by atoms with Crippen molar-refractivity contribution in [3.8, 4) is 5.75 Å². The van der Waals surface area contributed by atoms with Crippen LogP contribution in [0.3, 0.4) is 0 Å². The van der Waals surface area contributed by atoms with E-state index in [0.29, 0.717) is 12.2 Å². The number of hydrogen-bond acceptors (Lipinski definition) is 4. The maximum absolute atomic E-state index is 14.2. The van der Waals surface area contributed by atoms with Crippen LogP contribution in [0.4, 0.5) is 4.39 Å². The number of carbonyl (C=O) groups is 1. The Morgan fingerprint density at radius 1 is 1.15 bits per heavy atom. The molecule has 2 aromatic rings. The molecule has 6 heteroatoms. The molecule has 26 heavy (non-hydrogen) atoms. The van der Waals surface area contributed by atoms with Gasteiger partial charge in [0.05, 0.1) is 12.6 Å². The summed E-state index contributed by atoms with van der Waals surface area (Å²) in [6.45, 7) is 5.95. The molecule has 0 aliphatic rings. The van der Waals surface area contributed by atoms with Gasteiger partial charge in [-0.05, 0) is 43.0 Å². The van der Waals surface area contributed by atoms with Crippen molar-refractivity contribution < 1.29 is 18.7 Å². The molecule has 2 N–H and O–H groups in total. The zero-order valence-corrected chi connectivity index (χ0v) is 16.0. The summed E-state index contributed by atoms with van der Waals surface area (Å²) in [7, 11) is 0. The number of rotatable bonds is 7. The lowest BCUT2D eigenvalue weighted by Crippen LogP contribution is -2.31. The SMILES string of the molecule is CCOC(=O)C(F)[C@@H](N)c1cc(C)c(OCc2ccccc2)c(C)c1.Cl. The van der Waals surface area contributed by atoms with Crippen LogP contribution in [0.25, 0.3) is 0 Å². The summed E-state index contributed by atoms with van der Waals surface area (Å²) in [6, 6.07) is 12.3. The van der Waals surface area contributed by atoms with E-state index < -0.39 is 18.2 Å². The Kier molecular flexibility index (Phi) is 8.55. The Morgan fingerprint density at radius 2 is 1.73 bits per heavy atom. The molecule has 0 fully saturated rings. The van der Waals surface area contributed by atoms with Crippen molar-refractivity contribution in [1.29, 1.82) is 0 Å². The Morgan fingerprint density at radius 3 is 2.27 bits per heavy atom. The second kappa shape index (κ2) is 10.1. The van der Waals surface area contributed by atoms with E-state index in [1.165, 1.54) is 0 Å². The van der Waals surface area contributed by atoms with Crippen LogP contribution < -0.4 is 10.5 Å². The van der Waals surface area contributed by atoms with E-state index in [1.54, 1.807) is 19.1 Å². The van der Waals surface area contributed by atoms with Crippen LogP contribution in [0.5, 0.6) is 5.75 Å². The molecule has 1 unspecified atom stereocenters. The lowest BCUT2D eigenvalue weighted by molar-refractivity contribution is -0.149. The first-order valence-electron chi connectivity index (χ1n) is 8.28. The van der Waals surface area contributed by atoms with Gasteiger partial charge in [-0.15, -0.1) is 12.4 Å². The highest BCUT2D eigenvalue weighted by molar-refractivity contribution is 5.85. The minimum absolute atomic E-state index is 0. The van der Waals surface area contributed by atoms with Crippen LogP contribution in [0.2, 0.25) is 0 Å². The first-order chi connectivity index (χ1) is 11.9. The van der Waals surface area contributed by atoms with Crippen molar-refractivity contribution in [2.24, 2.45) is 5.73 Å². The topological polar surface area (TPSA) is 61.5 Å². The molecule has 0 heterocycles. The van der Waals surface area contributed by atoms with E-state index in [4.69, 9.17) is 15.2 Å². The Bertz CT molecular complexity index is 701. The van der Waals surface area contributed by atoms with Crippen LogP contribution in [0.1, 0.15) is 35.2 Å². The molecule has 2 atom stereocenters. The van der Waals surface area contributed by atoms with Gasteiger partial charge in [-0.1, -0.05) is 42.5 Å². The summed E-state index contributed by atoms with van der Waals surface area (Å²) in [5.41, 5.74) is 9.20. The van der Waals surface area contributed by atoms with Crippen LogP contribution in [0, 0.1) is 13.8 Å². The van der Waals surface area contributed by atoms with E-state index >= 15 is 0 Å². The molecule has 0 radical (unpaired) electrons. The summed E-state index contributed by atoms with van der Waals surface area (Å²) in [5, 5.41) is 0. The molecule has 2 aromatic carbocycles. The third-order valence-corrected chi connectivity index (χ3v) is 3.92. The van der Waals surface area contributed by atoms with E-state index in [9.17, 15) is 9.18 Å². The van der Waals surface area contributed by atoms with Crippen molar-refractivity contribution in [3.05, 3.63) is 64.7 Å². The third kappa shape index (κ3) is 5.44. The average Bonchev–Trinajstić information content (AvgIpc) is 2.60. The normalized spacial score (nSPS) is 12.7. The Balaban J connectivity index is 0.00000338. The minimum atomic E-state index is -1.89. The van der Waals surface area contributed by atoms with E-state index in [-0.39, 0.29) is 19.0 Å². The highest BCUT2D eigenvalue weighted by Crippen LogP contribution is 2.29. The van der Waals surface area contributed by atoms with E-state index in [1.807, 2.05) is 44.2 Å². The highest BCUT2D eigenvalue weighted by Gasteiger charge is 2.28. The third-order valence-electron chi connectivity index (χ3n) is 3.92. The smallest absolute Gasteiger partial charge is 0.342 e. The fourth-order valence-electron chi connectivity index (χ4n) is 2.67. The molecule has 0 spiro atoms. The zero-order valence-electron chi connectivity index (χ0n) is 15.2. The molecule has 142 valence electrons. The number of carbonyl (C=O) groups excluding carboxylic acids is 1. The van der Waals surface area contributed by atoms with Crippen molar-refractivity contribution in [3.63, 3.8) is 0 Å². The number of esters is 1. The molecular weight excluding hydrogens is 357 g/mol. The number of alkyl halides is 1. The number of aryl methyl sites for hydroxylation is 2. The summed E-state index contributed by atoms with van der Waals surface area (Å²) >= 11 is 0. The van der Waals surface area contributed by atoms with Gasteiger partial charge < -0.3 is 15.2 Å². The molecule has 0 aliphatic heterocycles. The molecule has 0 bridgehead atoms. The van der Waals surface area contributed by atoms with Crippen LogP contribution in [0.15, 0.2) is 42.5 Å². The van der Waals surface area contributed by atoms with Gasteiger partial charge in [-0.2, -0.15) is 0 Å². The van der Waals surface area contributed by atoms with Gasteiger partial charge in [-0.3, -0.25) is 0 Å². The predicted octanol–water partition coefficient (Wildman–Crippen LogP) is 4.21. The van der Waals surface area contributed by atoms with Gasteiger partial charge in [-0.25, -0.2) is 9.18 Å². The van der Waals surface area contributed by atoms with Crippen LogP contribution in [-0.2, 0) is 16.1 Å². The number of ether oxygens (including phenoxy) is 2. The maximum atomic E-state index is 14.2. The van der Waals surface area contributed by atoms with Gasteiger partial charge in [0.1, 0.15) is 12.4 Å². The van der Waals surface area contributed by atoms with Gasteiger partial charge in [0, 0.05) is 0 Å². The zero-order chi connectivity index (χ0) is 18.4. The largest absolute Gasteiger partial charge is 0.488 e. The average molecular weight is 382 g/mol. The number of benzene rings is 2. The van der Waals surface area contributed by atoms with Crippen molar-refractivity contribution >= 4 is 18.4 Å². The molecule has 2 rings (SSSR count). The van der Waals surface area contributed by atoms with Crippen LogP contribution >= 0.6 is 12.4 Å². The minimum Gasteiger partial charge on any atom is -0.488 e. The summed E-state index contributed by atoms with van der Waals surface area (Å²) < 4.78 is 24.8. The number of nitrogens with two attached hydrogens (primary N) is 1. The second-order valence-corrected chi connectivity index (χ2v) is 5.94. The van der Waals surface area contributed by atoms with Crippen molar-refractivity contribution in [1.82, 2.24) is 0 Å². The van der Waals surface area contributed by atoms with Gasteiger partial charge in [0.15, 0.2) is 0 Å². The Hall–Kier alpha value is -2.11. The second-order valence-electron chi connectivity index (χ2n) is 5.94. The molecule has 0 saturated carbocycles. The standard InChI is InChI=1S/C20H24FNO3.ClH/c1-4-24-20(23)17(21)18(22)16-10-13(2)19(14(3)11-16)25-12-15-8-6-5-7-9-15;/h5-11,17-18H,4,12,22H2,1-3H3;1H/t17?,18-;/m0./s1. The lowest BCUT2D eigenvalue weighted by Gasteiger charge is -2.19. The summed E-state index contributed by atoms with van der Waals surface area (Å²) in [5.74, 6) is -0.193. The number of halogens is 2. The van der Waals surface area contributed by atoms with Gasteiger partial charge >= 0.3 is 5.97 Å². The monoisotopic (exact) mass is 381 g/mol. The first-order valence-corrected chi connectivity index (χ1v) is 8.28. The molecule has 4 nitrogen and oxygen atoms in total. The molecule has 0 saturated heterocycles. The quantitative estimate of drug-likeness (QED) is 0.730. The van der Waals surface area contributed by atoms with Crippen LogP contribution in [-0.4, -0.2) is 18.7 Å². The maximum Gasteiger partial charge on any atom is 0.342 e. The van der Waals surface area contributed by atoms with Gasteiger partial charge in [0.25, 0.3) is 0 Å².